The van der Waals surface area contributed by atoms with Crippen LogP contribution in [0.3, 0.4) is 0 Å². The van der Waals surface area contributed by atoms with Crippen LogP contribution in [0.15, 0.2) is 30.3 Å². The maximum Gasteiger partial charge on any atom is 0.405 e. The lowest BCUT2D eigenvalue weighted by molar-refractivity contribution is -0.129. The summed E-state index contributed by atoms with van der Waals surface area (Å²) in [5.74, 6) is 1.61. The number of imidazole rings is 1. The molecular formula is C33H38FN7O4. The molecule has 3 aliphatic rings. The molecule has 2 aliphatic heterocycles. The molecule has 3 aromatic heterocycles. The summed E-state index contributed by atoms with van der Waals surface area (Å²) in [6.45, 7) is 3.47. The fraction of sp³-hybridized carbons (Fsp3) is 0.485. The monoisotopic (exact) mass is 615 g/mol. The molecule has 0 unspecified atom stereocenters. The number of halogens is 1. The molecular weight excluding hydrogens is 577 g/mol. The van der Waals surface area contributed by atoms with Crippen LogP contribution in [0.2, 0.25) is 0 Å². The molecule has 3 amide bonds. The number of para-hydroxylation sites is 1. The number of fused-ring (bicyclic) bond motifs is 3. The second-order valence-corrected chi connectivity index (χ2v) is 12.8. The third-order valence-corrected chi connectivity index (χ3v) is 9.71. The van der Waals surface area contributed by atoms with E-state index in [0.717, 1.165) is 44.0 Å². The van der Waals surface area contributed by atoms with E-state index in [0.29, 0.717) is 47.2 Å². The molecule has 0 radical (unpaired) electrons. The third kappa shape index (κ3) is 5.40. The Morgan fingerprint density at radius 3 is 2.58 bits per heavy atom. The minimum atomic E-state index is -1.32. The highest BCUT2D eigenvalue weighted by atomic mass is 19.1. The highest BCUT2D eigenvalue weighted by Crippen LogP contribution is 2.40. The summed E-state index contributed by atoms with van der Waals surface area (Å²) in [7, 11) is 1.96. The number of aryl methyl sites for hydroxylation is 1. The molecule has 7 rings (SSSR count). The van der Waals surface area contributed by atoms with E-state index in [1.165, 1.54) is 34.2 Å². The minimum absolute atomic E-state index is 0.0516. The van der Waals surface area contributed by atoms with Crippen molar-refractivity contribution in [1.29, 1.82) is 0 Å². The zero-order chi connectivity index (χ0) is 31.4. The minimum Gasteiger partial charge on any atom is -0.465 e. The lowest BCUT2D eigenvalue weighted by atomic mass is 9.88. The van der Waals surface area contributed by atoms with E-state index >= 15 is 0 Å². The quantitative estimate of drug-likeness (QED) is 0.304. The SMILES string of the molecule is CC(=O)N1CCC(c2cccc3cc(-c4nc5cc6c(nc5n4C)CCN(C[C@@H](CF)NC(=O)O)C6=O)n(CC4CC4)c23)CC1. The van der Waals surface area contributed by atoms with Gasteiger partial charge in [0.2, 0.25) is 5.91 Å². The van der Waals surface area contributed by atoms with Crippen molar-refractivity contribution in [2.24, 2.45) is 13.0 Å². The maximum atomic E-state index is 13.5. The van der Waals surface area contributed by atoms with Crippen LogP contribution in [-0.2, 0) is 24.8 Å². The Morgan fingerprint density at radius 1 is 1.11 bits per heavy atom. The van der Waals surface area contributed by atoms with Gasteiger partial charge in [-0.15, -0.1) is 0 Å². The van der Waals surface area contributed by atoms with Crippen LogP contribution in [0.4, 0.5) is 9.18 Å². The number of carbonyl (C=O) groups is 3. The number of benzene rings is 1. The Hall–Kier alpha value is -4.48. The number of hydrogen-bond donors (Lipinski definition) is 2. The largest absolute Gasteiger partial charge is 0.465 e. The van der Waals surface area contributed by atoms with Crippen molar-refractivity contribution in [3.05, 3.63) is 47.2 Å². The maximum absolute atomic E-state index is 13.5. The number of alkyl halides is 1. The predicted molar refractivity (Wildman–Crippen MR) is 167 cm³/mol. The first-order valence-electron chi connectivity index (χ1n) is 15.8. The van der Waals surface area contributed by atoms with E-state index in [1.807, 2.05) is 16.5 Å². The summed E-state index contributed by atoms with van der Waals surface area (Å²) in [6, 6.07) is 9.52. The molecule has 1 saturated heterocycles. The number of carbonyl (C=O) groups excluding carboxylic acids is 2. The molecule has 236 valence electrons. The summed E-state index contributed by atoms with van der Waals surface area (Å²) in [4.78, 5) is 49.8. The molecule has 1 saturated carbocycles. The molecule has 5 heterocycles. The molecule has 12 heteroatoms. The van der Waals surface area contributed by atoms with Gasteiger partial charge in [-0.1, -0.05) is 18.2 Å². The number of hydrogen-bond acceptors (Lipinski definition) is 5. The third-order valence-electron chi connectivity index (χ3n) is 9.71. The number of piperidine rings is 1. The van der Waals surface area contributed by atoms with Crippen molar-refractivity contribution in [3.63, 3.8) is 0 Å². The summed E-state index contributed by atoms with van der Waals surface area (Å²) >= 11 is 0. The molecule has 2 fully saturated rings. The van der Waals surface area contributed by atoms with E-state index in [9.17, 15) is 18.8 Å². The number of nitrogens with one attached hydrogen (secondary N) is 1. The average Bonchev–Trinajstić information content (AvgIpc) is 3.70. The zero-order valence-corrected chi connectivity index (χ0v) is 25.6. The van der Waals surface area contributed by atoms with Gasteiger partial charge < -0.3 is 29.4 Å². The first kappa shape index (κ1) is 29.2. The Labute approximate surface area is 260 Å². The molecule has 45 heavy (non-hydrogen) atoms. The van der Waals surface area contributed by atoms with Gasteiger partial charge in [-0.2, -0.15) is 0 Å². The van der Waals surface area contributed by atoms with Gasteiger partial charge in [0.1, 0.15) is 12.2 Å². The number of amides is 3. The van der Waals surface area contributed by atoms with Crippen LogP contribution < -0.4 is 5.32 Å². The van der Waals surface area contributed by atoms with Gasteiger partial charge >= 0.3 is 6.09 Å². The van der Waals surface area contributed by atoms with Gasteiger partial charge in [0.25, 0.3) is 5.91 Å². The smallest absolute Gasteiger partial charge is 0.405 e. The van der Waals surface area contributed by atoms with E-state index in [2.05, 4.69) is 34.1 Å². The number of carboxylic acid groups (broad SMARTS) is 1. The fourth-order valence-electron chi connectivity index (χ4n) is 7.14. The Morgan fingerprint density at radius 2 is 1.89 bits per heavy atom. The van der Waals surface area contributed by atoms with Crippen LogP contribution >= 0.6 is 0 Å². The van der Waals surface area contributed by atoms with Crippen molar-refractivity contribution in [1.82, 2.24) is 34.2 Å². The normalized spacial score (nSPS) is 18.1. The molecule has 1 aromatic carbocycles. The fourth-order valence-corrected chi connectivity index (χ4v) is 7.14. The molecule has 1 atom stereocenters. The van der Waals surface area contributed by atoms with Gasteiger partial charge in [-0.05, 0) is 55.2 Å². The first-order chi connectivity index (χ1) is 21.7. The van der Waals surface area contributed by atoms with Gasteiger partial charge in [0, 0.05) is 58.5 Å². The summed E-state index contributed by atoms with van der Waals surface area (Å²) in [6.07, 6.45) is 3.45. The van der Waals surface area contributed by atoms with Crippen molar-refractivity contribution in [2.75, 3.05) is 32.9 Å². The lowest BCUT2D eigenvalue weighted by Gasteiger charge is -2.32. The zero-order valence-electron chi connectivity index (χ0n) is 25.6. The Bertz CT molecular complexity index is 1820. The standard InChI is InChI=1S/C33H38FN7O4/c1-19(42)39-11-8-21(9-12-39)24-5-3-4-22-14-28(41(29(22)24)17-20-6-7-20)31-37-27-15-25-26(36-30(27)38(31)2)10-13-40(32(25)43)18-23(16-34)35-33(44)45/h3-5,14-15,20-21,23,35H,6-13,16-18H2,1-2H3,(H,44,45)/t23-/m1/s1. The van der Waals surface area contributed by atoms with E-state index in [-0.39, 0.29) is 18.4 Å². The van der Waals surface area contributed by atoms with Crippen LogP contribution in [0.1, 0.15) is 60.1 Å². The number of aromatic nitrogens is 4. The van der Waals surface area contributed by atoms with Gasteiger partial charge in [0.05, 0.1) is 28.5 Å². The second kappa shape index (κ2) is 11.5. The molecule has 0 spiro atoms. The Kier molecular flexibility index (Phi) is 7.45. The van der Waals surface area contributed by atoms with Crippen molar-refractivity contribution in [2.45, 2.75) is 57.5 Å². The summed E-state index contributed by atoms with van der Waals surface area (Å²) in [5, 5.41) is 12.3. The highest BCUT2D eigenvalue weighted by Gasteiger charge is 2.32. The van der Waals surface area contributed by atoms with Crippen LogP contribution in [0.5, 0.6) is 0 Å². The summed E-state index contributed by atoms with van der Waals surface area (Å²) in [5.41, 5.74) is 5.96. The molecule has 11 nitrogen and oxygen atoms in total. The average molecular weight is 616 g/mol. The number of rotatable bonds is 8. The molecule has 4 aromatic rings. The first-order valence-corrected chi connectivity index (χ1v) is 15.8. The van der Waals surface area contributed by atoms with Crippen molar-refractivity contribution in [3.8, 4) is 11.5 Å². The number of likely N-dealkylation sites (tertiary alicyclic amines) is 1. The van der Waals surface area contributed by atoms with Gasteiger partial charge in [-0.25, -0.2) is 19.2 Å². The molecule has 0 bridgehead atoms. The van der Waals surface area contributed by atoms with Gasteiger partial charge in [-0.3, -0.25) is 9.59 Å². The van der Waals surface area contributed by atoms with E-state index in [4.69, 9.17) is 15.1 Å². The highest BCUT2D eigenvalue weighted by molar-refractivity contribution is 5.99. The second-order valence-electron chi connectivity index (χ2n) is 12.8. The van der Waals surface area contributed by atoms with Crippen molar-refractivity contribution >= 4 is 40.0 Å². The molecule has 2 N–H and O–H groups in total. The number of nitrogens with zero attached hydrogens (tertiary/aromatic N) is 6. The van der Waals surface area contributed by atoms with E-state index < -0.39 is 18.8 Å². The Balaban J connectivity index is 1.26. The van der Waals surface area contributed by atoms with Crippen LogP contribution in [-0.4, -0.2) is 90.8 Å². The van der Waals surface area contributed by atoms with Crippen molar-refractivity contribution < 1.29 is 23.9 Å². The predicted octanol–water partition coefficient (Wildman–Crippen LogP) is 4.33. The van der Waals surface area contributed by atoms with Crippen LogP contribution in [0, 0.1) is 5.92 Å². The number of pyridine rings is 1. The van der Waals surface area contributed by atoms with E-state index in [1.54, 1.807) is 13.0 Å². The topological polar surface area (TPSA) is 126 Å². The van der Waals surface area contributed by atoms with Gasteiger partial charge in [0.15, 0.2) is 11.5 Å². The molecule has 1 aliphatic carbocycles. The van der Waals surface area contributed by atoms with Crippen LogP contribution in [0.25, 0.3) is 33.6 Å². The lowest BCUT2D eigenvalue weighted by Crippen LogP contribution is -2.48. The summed E-state index contributed by atoms with van der Waals surface area (Å²) < 4.78 is 17.9.